The van der Waals surface area contributed by atoms with Crippen LogP contribution in [0.25, 0.3) is 0 Å². The Labute approximate surface area is 121 Å². The summed E-state index contributed by atoms with van der Waals surface area (Å²) in [5.74, 6) is 0.776. The summed E-state index contributed by atoms with van der Waals surface area (Å²) in [7, 11) is 1.76. The highest BCUT2D eigenvalue weighted by atomic mass is 16.5. The van der Waals surface area contributed by atoms with Crippen molar-refractivity contribution >= 4 is 11.4 Å². The molecular formula is C16H26N2O2. The Morgan fingerprint density at radius 2 is 2.10 bits per heavy atom. The first kappa shape index (κ1) is 15.0. The first-order valence-electron chi connectivity index (χ1n) is 7.45. The number of hydrogen-bond donors (Lipinski definition) is 2. The molecule has 0 heterocycles. The van der Waals surface area contributed by atoms with Crippen molar-refractivity contribution < 1.29 is 9.47 Å². The van der Waals surface area contributed by atoms with E-state index in [1.807, 2.05) is 18.2 Å². The van der Waals surface area contributed by atoms with Gasteiger partial charge in [0, 0.05) is 20.3 Å². The fourth-order valence-corrected chi connectivity index (χ4v) is 2.33. The van der Waals surface area contributed by atoms with E-state index in [0.29, 0.717) is 17.7 Å². The molecule has 0 amide bonds. The number of hydrogen-bond acceptors (Lipinski definition) is 4. The van der Waals surface area contributed by atoms with E-state index in [2.05, 4.69) is 12.2 Å². The van der Waals surface area contributed by atoms with Crippen LogP contribution in [-0.2, 0) is 4.74 Å². The van der Waals surface area contributed by atoms with E-state index in [9.17, 15) is 0 Å². The summed E-state index contributed by atoms with van der Waals surface area (Å²) in [4.78, 5) is 0. The van der Waals surface area contributed by atoms with Crippen LogP contribution in [0.3, 0.4) is 0 Å². The van der Waals surface area contributed by atoms with Gasteiger partial charge in [-0.15, -0.1) is 0 Å². The molecule has 0 saturated heterocycles. The van der Waals surface area contributed by atoms with Gasteiger partial charge in [0.1, 0.15) is 5.75 Å². The lowest BCUT2D eigenvalue weighted by Gasteiger charge is -2.18. The number of nitrogen functional groups attached to an aromatic ring is 1. The van der Waals surface area contributed by atoms with Crippen molar-refractivity contribution in [2.75, 3.05) is 37.9 Å². The molecule has 0 radical (unpaired) electrons. The molecule has 1 fully saturated rings. The monoisotopic (exact) mass is 278 g/mol. The van der Waals surface area contributed by atoms with Gasteiger partial charge in [-0.25, -0.2) is 0 Å². The molecule has 20 heavy (non-hydrogen) atoms. The van der Waals surface area contributed by atoms with Gasteiger partial charge in [-0.2, -0.15) is 0 Å². The summed E-state index contributed by atoms with van der Waals surface area (Å²) in [6, 6.07) is 5.92. The Hall–Kier alpha value is -1.42. The molecule has 0 bridgehead atoms. The first-order valence-corrected chi connectivity index (χ1v) is 7.45. The Balaban J connectivity index is 1.92. The van der Waals surface area contributed by atoms with Crippen LogP contribution in [0.15, 0.2) is 18.2 Å². The smallest absolute Gasteiger partial charge is 0.144 e. The van der Waals surface area contributed by atoms with Crippen molar-refractivity contribution in [3.05, 3.63) is 18.2 Å². The van der Waals surface area contributed by atoms with Crippen LogP contribution in [0.2, 0.25) is 0 Å². The highest BCUT2D eigenvalue weighted by Crippen LogP contribution is 2.49. The van der Waals surface area contributed by atoms with Crippen molar-refractivity contribution in [2.24, 2.45) is 5.41 Å². The standard InChI is InChI=1S/C16H26N2O2/c1-3-10-20-14-6-4-5-13(15(14)17)18-12-16(7-8-16)9-11-19-2/h4-6,18H,3,7-12,17H2,1-2H3. The van der Waals surface area contributed by atoms with E-state index >= 15 is 0 Å². The minimum atomic E-state index is 0.405. The van der Waals surface area contributed by atoms with Crippen molar-refractivity contribution in [1.29, 1.82) is 0 Å². The SMILES string of the molecule is CCCOc1cccc(NCC2(CCOC)CC2)c1N. The lowest BCUT2D eigenvalue weighted by atomic mass is 10.0. The molecule has 0 atom stereocenters. The number of para-hydroxylation sites is 1. The van der Waals surface area contributed by atoms with Crippen molar-refractivity contribution in [1.82, 2.24) is 0 Å². The molecule has 4 heteroatoms. The third-order valence-electron chi connectivity index (χ3n) is 3.98. The van der Waals surface area contributed by atoms with Gasteiger partial charge in [-0.3, -0.25) is 0 Å². The molecule has 1 aliphatic rings. The molecule has 1 saturated carbocycles. The van der Waals surface area contributed by atoms with E-state index in [4.69, 9.17) is 15.2 Å². The summed E-state index contributed by atoms with van der Waals surface area (Å²) < 4.78 is 10.8. The van der Waals surface area contributed by atoms with Crippen LogP contribution in [0, 0.1) is 5.41 Å². The second-order valence-electron chi connectivity index (χ2n) is 5.66. The fourth-order valence-electron chi connectivity index (χ4n) is 2.33. The highest BCUT2D eigenvalue weighted by molar-refractivity contribution is 5.73. The molecule has 1 aromatic carbocycles. The largest absolute Gasteiger partial charge is 0.491 e. The topological polar surface area (TPSA) is 56.5 Å². The molecule has 0 spiro atoms. The minimum Gasteiger partial charge on any atom is -0.491 e. The van der Waals surface area contributed by atoms with Crippen molar-refractivity contribution in [3.63, 3.8) is 0 Å². The molecule has 1 aromatic rings. The summed E-state index contributed by atoms with van der Waals surface area (Å²) in [6.45, 7) is 4.57. The summed E-state index contributed by atoms with van der Waals surface area (Å²) in [5, 5.41) is 3.48. The van der Waals surface area contributed by atoms with E-state index < -0.39 is 0 Å². The molecule has 3 N–H and O–H groups in total. The number of nitrogens with one attached hydrogen (secondary N) is 1. The van der Waals surface area contributed by atoms with Crippen LogP contribution in [0.4, 0.5) is 11.4 Å². The maximum absolute atomic E-state index is 6.16. The molecule has 4 nitrogen and oxygen atoms in total. The van der Waals surface area contributed by atoms with Crippen LogP contribution in [0.5, 0.6) is 5.75 Å². The van der Waals surface area contributed by atoms with Gasteiger partial charge in [-0.1, -0.05) is 13.0 Å². The summed E-state index contributed by atoms with van der Waals surface area (Å²) >= 11 is 0. The fraction of sp³-hybridized carbons (Fsp3) is 0.625. The molecule has 2 rings (SSSR count). The Kier molecular flexibility index (Phi) is 5.12. The van der Waals surface area contributed by atoms with E-state index in [1.165, 1.54) is 12.8 Å². The molecule has 0 aliphatic heterocycles. The van der Waals surface area contributed by atoms with Crippen molar-refractivity contribution in [2.45, 2.75) is 32.6 Å². The Bertz CT molecular complexity index is 430. The number of anilines is 2. The molecule has 0 aromatic heterocycles. The van der Waals surface area contributed by atoms with Crippen molar-refractivity contribution in [3.8, 4) is 5.75 Å². The molecule has 1 aliphatic carbocycles. The lowest BCUT2D eigenvalue weighted by molar-refractivity contribution is 0.175. The third-order valence-corrected chi connectivity index (χ3v) is 3.98. The van der Waals surface area contributed by atoms with Crippen LogP contribution >= 0.6 is 0 Å². The number of ether oxygens (including phenoxy) is 2. The Morgan fingerprint density at radius 3 is 2.75 bits per heavy atom. The minimum absolute atomic E-state index is 0.405. The highest BCUT2D eigenvalue weighted by Gasteiger charge is 2.41. The maximum Gasteiger partial charge on any atom is 0.144 e. The number of methoxy groups -OCH3 is 1. The van der Waals surface area contributed by atoms with Gasteiger partial charge in [0.2, 0.25) is 0 Å². The molecule has 112 valence electrons. The predicted molar refractivity (Wildman–Crippen MR) is 83.3 cm³/mol. The van der Waals surface area contributed by atoms with E-state index in [-0.39, 0.29) is 0 Å². The van der Waals surface area contributed by atoms with Gasteiger partial charge >= 0.3 is 0 Å². The molecule has 0 unspecified atom stereocenters. The van der Waals surface area contributed by atoms with E-state index in [0.717, 1.165) is 37.4 Å². The second kappa shape index (κ2) is 6.84. The zero-order valence-electron chi connectivity index (χ0n) is 12.6. The van der Waals surface area contributed by atoms with Gasteiger partial charge in [0.15, 0.2) is 0 Å². The summed E-state index contributed by atoms with van der Waals surface area (Å²) in [6.07, 6.45) is 4.64. The first-order chi connectivity index (χ1) is 9.71. The van der Waals surface area contributed by atoms with Crippen LogP contribution in [0.1, 0.15) is 32.6 Å². The lowest BCUT2D eigenvalue weighted by Crippen LogP contribution is -2.18. The average Bonchev–Trinajstić information content (AvgIpc) is 3.23. The van der Waals surface area contributed by atoms with Gasteiger partial charge in [-0.05, 0) is 43.2 Å². The van der Waals surface area contributed by atoms with E-state index in [1.54, 1.807) is 7.11 Å². The second-order valence-corrected chi connectivity index (χ2v) is 5.66. The van der Waals surface area contributed by atoms with Gasteiger partial charge < -0.3 is 20.5 Å². The normalized spacial score (nSPS) is 15.9. The van der Waals surface area contributed by atoms with Crippen LogP contribution < -0.4 is 15.8 Å². The Morgan fingerprint density at radius 1 is 1.30 bits per heavy atom. The predicted octanol–water partition coefficient (Wildman–Crippen LogP) is 3.29. The quantitative estimate of drug-likeness (QED) is 0.681. The van der Waals surface area contributed by atoms with Crippen LogP contribution in [-0.4, -0.2) is 26.9 Å². The zero-order chi connectivity index (χ0) is 14.4. The average molecular weight is 278 g/mol. The van der Waals surface area contributed by atoms with Gasteiger partial charge in [0.25, 0.3) is 0 Å². The maximum atomic E-state index is 6.16. The number of rotatable bonds is 9. The zero-order valence-corrected chi connectivity index (χ0v) is 12.6. The van der Waals surface area contributed by atoms with Gasteiger partial charge in [0.05, 0.1) is 18.0 Å². The molecular weight excluding hydrogens is 252 g/mol. The number of nitrogens with two attached hydrogens (primary N) is 1. The third kappa shape index (κ3) is 3.79. The number of benzene rings is 1. The summed E-state index contributed by atoms with van der Waals surface area (Å²) in [5.41, 5.74) is 8.25.